The van der Waals surface area contributed by atoms with Crippen LogP contribution in [0.25, 0.3) is 16.9 Å². The number of rotatable bonds is 7. The summed E-state index contributed by atoms with van der Waals surface area (Å²) in [4.78, 5) is 13.0. The zero-order valence-electron chi connectivity index (χ0n) is 18.9. The van der Waals surface area contributed by atoms with E-state index in [1.807, 2.05) is 50.5 Å². The Balaban J connectivity index is 1.56. The standard InChI is InChI=1S/C23H30N6O3/c1-15-10-19(32-14-31-4)11-20(15)25-23(30)26-22-16(2)21(17-12-24-28(3)13-17)27-29(22)18-8-6-5-7-9-18/h5-9,12-13,15,19-20H,10-11,14H2,1-4H3,(H2,25,26,30)/t15-,19?,20-/m1/s1. The molecule has 0 spiro atoms. The largest absolute Gasteiger partial charge is 0.359 e. The Morgan fingerprint density at radius 3 is 2.72 bits per heavy atom. The van der Waals surface area contributed by atoms with E-state index >= 15 is 0 Å². The first-order valence-electron chi connectivity index (χ1n) is 10.8. The minimum atomic E-state index is -0.257. The molecule has 1 fully saturated rings. The van der Waals surface area contributed by atoms with Crippen molar-refractivity contribution in [1.82, 2.24) is 24.9 Å². The van der Waals surface area contributed by atoms with E-state index in [1.165, 1.54) is 0 Å². The summed E-state index contributed by atoms with van der Waals surface area (Å²) in [6.45, 7) is 4.35. The van der Waals surface area contributed by atoms with E-state index in [4.69, 9.17) is 14.6 Å². The van der Waals surface area contributed by atoms with Gasteiger partial charge in [-0.1, -0.05) is 25.1 Å². The molecule has 1 aromatic carbocycles. The van der Waals surface area contributed by atoms with Crippen LogP contribution in [0.1, 0.15) is 25.3 Å². The van der Waals surface area contributed by atoms with E-state index in [0.29, 0.717) is 11.7 Å². The quantitative estimate of drug-likeness (QED) is 0.551. The number of carbonyl (C=O) groups is 1. The van der Waals surface area contributed by atoms with Gasteiger partial charge in [0, 0.05) is 37.5 Å². The number of nitrogens with one attached hydrogen (secondary N) is 2. The molecule has 1 aliphatic rings. The number of aromatic nitrogens is 4. The highest BCUT2D eigenvalue weighted by Crippen LogP contribution is 2.31. The van der Waals surface area contributed by atoms with Crippen molar-refractivity contribution in [2.24, 2.45) is 13.0 Å². The predicted molar refractivity (Wildman–Crippen MR) is 122 cm³/mol. The van der Waals surface area contributed by atoms with Crippen molar-refractivity contribution in [3.8, 4) is 16.9 Å². The molecule has 170 valence electrons. The van der Waals surface area contributed by atoms with Crippen molar-refractivity contribution in [1.29, 1.82) is 0 Å². The van der Waals surface area contributed by atoms with Crippen molar-refractivity contribution in [3.05, 3.63) is 48.3 Å². The lowest BCUT2D eigenvalue weighted by Crippen LogP contribution is -2.40. The lowest BCUT2D eigenvalue weighted by molar-refractivity contribution is -0.0699. The molecule has 0 saturated heterocycles. The highest BCUT2D eigenvalue weighted by Gasteiger charge is 2.33. The first-order chi connectivity index (χ1) is 15.5. The molecule has 0 radical (unpaired) electrons. The van der Waals surface area contributed by atoms with E-state index in [0.717, 1.165) is 35.3 Å². The maximum atomic E-state index is 13.0. The molecular formula is C23H30N6O3. The number of nitrogens with zero attached hydrogens (tertiary/aromatic N) is 4. The summed E-state index contributed by atoms with van der Waals surface area (Å²) < 4.78 is 14.2. The molecular weight excluding hydrogens is 408 g/mol. The third-order valence-electron chi connectivity index (χ3n) is 5.91. The summed E-state index contributed by atoms with van der Waals surface area (Å²) in [5, 5.41) is 15.2. The molecule has 3 aromatic rings. The third kappa shape index (κ3) is 4.68. The van der Waals surface area contributed by atoms with Gasteiger partial charge in [-0.05, 0) is 37.8 Å². The molecule has 1 saturated carbocycles. The monoisotopic (exact) mass is 438 g/mol. The van der Waals surface area contributed by atoms with E-state index in [1.54, 1.807) is 22.7 Å². The molecule has 9 nitrogen and oxygen atoms in total. The van der Waals surface area contributed by atoms with Crippen LogP contribution in [0, 0.1) is 12.8 Å². The zero-order valence-corrected chi connectivity index (χ0v) is 18.9. The van der Waals surface area contributed by atoms with Crippen LogP contribution >= 0.6 is 0 Å². The molecule has 2 aromatic heterocycles. The number of methoxy groups -OCH3 is 1. The van der Waals surface area contributed by atoms with Gasteiger partial charge >= 0.3 is 6.03 Å². The fourth-order valence-corrected chi connectivity index (χ4v) is 4.22. The average Bonchev–Trinajstić information content (AvgIpc) is 3.45. The molecule has 0 aliphatic heterocycles. The summed E-state index contributed by atoms with van der Waals surface area (Å²) in [5.74, 6) is 0.944. The normalized spacial score (nSPS) is 20.4. The van der Waals surface area contributed by atoms with Gasteiger partial charge in [0.25, 0.3) is 0 Å². The predicted octanol–water partition coefficient (Wildman–Crippen LogP) is 3.49. The van der Waals surface area contributed by atoms with Gasteiger partial charge in [0.2, 0.25) is 0 Å². The Hall–Kier alpha value is -3.17. The summed E-state index contributed by atoms with van der Waals surface area (Å²) >= 11 is 0. The molecule has 2 N–H and O–H groups in total. The summed E-state index contributed by atoms with van der Waals surface area (Å²) in [6.07, 6.45) is 5.42. The first kappa shape index (κ1) is 22.0. The number of amides is 2. The number of hydrogen-bond donors (Lipinski definition) is 2. The summed E-state index contributed by atoms with van der Waals surface area (Å²) in [6, 6.07) is 9.53. The van der Waals surface area contributed by atoms with Crippen LogP contribution in [-0.2, 0) is 16.5 Å². The lowest BCUT2D eigenvalue weighted by Gasteiger charge is -2.18. The smallest absolute Gasteiger partial charge is 0.320 e. The molecule has 0 bridgehead atoms. The van der Waals surface area contributed by atoms with Crippen LogP contribution in [0.15, 0.2) is 42.7 Å². The number of para-hydroxylation sites is 1. The molecule has 9 heteroatoms. The number of ether oxygens (including phenoxy) is 2. The number of anilines is 1. The Bertz CT molecular complexity index is 1060. The van der Waals surface area contributed by atoms with Gasteiger partial charge in [0.15, 0.2) is 0 Å². The van der Waals surface area contributed by atoms with Gasteiger partial charge in [-0.2, -0.15) is 10.2 Å². The maximum Gasteiger partial charge on any atom is 0.320 e. The van der Waals surface area contributed by atoms with E-state index in [2.05, 4.69) is 22.7 Å². The van der Waals surface area contributed by atoms with Crippen molar-refractivity contribution in [3.63, 3.8) is 0 Å². The van der Waals surface area contributed by atoms with Crippen LogP contribution in [0.3, 0.4) is 0 Å². The number of hydrogen-bond acceptors (Lipinski definition) is 5. The number of benzene rings is 1. The lowest BCUT2D eigenvalue weighted by atomic mass is 10.1. The van der Waals surface area contributed by atoms with Gasteiger partial charge < -0.3 is 14.8 Å². The van der Waals surface area contributed by atoms with E-state index in [-0.39, 0.29) is 25.0 Å². The van der Waals surface area contributed by atoms with Crippen LogP contribution in [0.2, 0.25) is 0 Å². The van der Waals surface area contributed by atoms with Crippen LogP contribution in [-0.4, -0.2) is 51.6 Å². The Labute approximate surface area is 187 Å². The molecule has 1 aliphatic carbocycles. The second-order valence-electron chi connectivity index (χ2n) is 8.32. The molecule has 2 heterocycles. The molecule has 2 amide bonds. The van der Waals surface area contributed by atoms with Crippen LogP contribution < -0.4 is 10.6 Å². The van der Waals surface area contributed by atoms with Gasteiger partial charge in [-0.3, -0.25) is 10.00 Å². The fraction of sp³-hybridized carbons (Fsp3) is 0.435. The first-order valence-corrected chi connectivity index (χ1v) is 10.8. The highest BCUT2D eigenvalue weighted by atomic mass is 16.7. The topological polar surface area (TPSA) is 95.2 Å². The molecule has 1 unspecified atom stereocenters. The van der Waals surface area contributed by atoms with Crippen molar-refractivity contribution in [2.45, 2.75) is 38.8 Å². The van der Waals surface area contributed by atoms with Crippen LogP contribution in [0.4, 0.5) is 10.6 Å². The molecule has 4 rings (SSSR count). The van der Waals surface area contributed by atoms with E-state index in [9.17, 15) is 4.79 Å². The second kappa shape index (κ2) is 9.54. The van der Waals surface area contributed by atoms with Crippen molar-refractivity contribution >= 4 is 11.8 Å². The van der Waals surface area contributed by atoms with Crippen LogP contribution in [0.5, 0.6) is 0 Å². The van der Waals surface area contributed by atoms with Gasteiger partial charge in [0.05, 0.1) is 18.0 Å². The number of urea groups is 1. The summed E-state index contributed by atoms with van der Waals surface area (Å²) in [7, 11) is 3.48. The average molecular weight is 439 g/mol. The minimum Gasteiger partial charge on any atom is -0.359 e. The summed E-state index contributed by atoms with van der Waals surface area (Å²) in [5.41, 5.74) is 3.41. The van der Waals surface area contributed by atoms with E-state index < -0.39 is 0 Å². The fourth-order valence-electron chi connectivity index (χ4n) is 4.22. The zero-order chi connectivity index (χ0) is 22.7. The third-order valence-corrected chi connectivity index (χ3v) is 5.91. The SMILES string of the molecule is COCOC1C[C@@H](C)[C@H](NC(=O)Nc2c(C)c(-c3cnn(C)c3)nn2-c2ccccc2)C1. The maximum absolute atomic E-state index is 13.0. The second-order valence-corrected chi connectivity index (χ2v) is 8.32. The molecule has 3 atom stereocenters. The number of carbonyl (C=O) groups excluding carboxylic acids is 1. The Morgan fingerprint density at radius 2 is 2.03 bits per heavy atom. The van der Waals surface area contributed by atoms with Crippen molar-refractivity contribution in [2.75, 3.05) is 19.2 Å². The Kier molecular flexibility index (Phi) is 6.57. The molecule has 32 heavy (non-hydrogen) atoms. The minimum absolute atomic E-state index is 0.0306. The highest BCUT2D eigenvalue weighted by molar-refractivity contribution is 5.91. The number of aryl methyl sites for hydroxylation is 1. The van der Waals surface area contributed by atoms with Gasteiger partial charge in [0.1, 0.15) is 18.3 Å². The Morgan fingerprint density at radius 1 is 1.25 bits per heavy atom. The van der Waals surface area contributed by atoms with Gasteiger partial charge in [-0.25, -0.2) is 9.48 Å². The van der Waals surface area contributed by atoms with Crippen molar-refractivity contribution < 1.29 is 14.3 Å². The van der Waals surface area contributed by atoms with Gasteiger partial charge in [-0.15, -0.1) is 0 Å².